The second-order valence-electron chi connectivity index (χ2n) is 5.17. The lowest BCUT2D eigenvalue weighted by Crippen LogP contribution is -2.38. The maximum atomic E-state index is 12.4. The van der Waals surface area contributed by atoms with E-state index in [-0.39, 0.29) is 19.0 Å². The Kier molecular flexibility index (Phi) is 4.62. The van der Waals surface area contributed by atoms with Crippen LogP contribution in [0.1, 0.15) is 13.8 Å². The van der Waals surface area contributed by atoms with E-state index < -0.39 is 11.9 Å². The molecule has 2 aromatic rings. The topological polar surface area (TPSA) is 62.5 Å². The zero-order valence-electron chi connectivity index (χ0n) is 12.3. The van der Waals surface area contributed by atoms with Crippen molar-refractivity contribution in [2.45, 2.75) is 20.4 Å². The number of likely N-dealkylation sites (N-methyl/N-ethyl adjacent to an activating group) is 1. The number of amides is 1. The predicted molar refractivity (Wildman–Crippen MR) is 81.0 cm³/mol. The molecule has 1 N–H and O–H groups in total. The number of carboxylic acid groups (broad SMARTS) is 1. The second-order valence-corrected chi connectivity index (χ2v) is 5.17. The Labute approximate surface area is 123 Å². The molecule has 21 heavy (non-hydrogen) atoms. The molecule has 0 spiro atoms. The third-order valence-corrected chi connectivity index (χ3v) is 3.64. The Morgan fingerprint density at radius 2 is 2.00 bits per heavy atom. The van der Waals surface area contributed by atoms with Crippen LogP contribution in [0.3, 0.4) is 0 Å². The minimum atomic E-state index is -0.882. The fourth-order valence-corrected chi connectivity index (χ4v) is 2.34. The van der Waals surface area contributed by atoms with Gasteiger partial charge in [-0.3, -0.25) is 9.59 Å². The summed E-state index contributed by atoms with van der Waals surface area (Å²) in [6.07, 6.45) is 1.89. The number of para-hydroxylation sites is 1. The number of benzene rings is 1. The van der Waals surface area contributed by atoms with E-state index >= 15 is 0 Å². The molecule has 0 aliphatic heterocycles. The molecular weight excluding hydrogens is 268 g/mol. The molecule has 1 amide bonds. The largest absolute Gasteiger partial charge is 0.481 e. The van der Waals surface area contributed by atoms with Crippen LogP contribution in [0.5, 0.6) is 0 Å². The van der Waals surface area contributed by atoms with Crippen LogP contribution in [0.25, 0.3) is 10.9 Å². The summed E-state index contributed by atoms with van der Waals surface area (Å²) in [6, 6.07) is 9.84. The van der Waals surface area contributed by atoms with Crippen molar-refractivity contribution in [2.24, 2.45) is 5.92 Å². The predicted octanol–water partition coefficient (Wildman–Crippen LogP) is 2.21. The molecule has 5 heteroatoms. The van der Waals surface area contributed by atoms with Crippen LogP contribution in [0.15, 0.2) is 36.5 Å². The lowest BCUT2D eigenvalue weighted by atomic mass is 10.1. The molecule has 0 saturated heterocycles. The van der Waals surface area contributed by atoms with Gasteiger partial charge in [0.05, 0.1) is 5.92 Å². The van der Waals surface area contributed by atoms with Crippen molar-refractivity contribution in [3.05, 3.63) is 36.5 Å². The highest BCUT2D eigenvalue weighted by atomic mass is 16.4. The Morgan fingerprint density at radius 3 is 2.67 bits per heavy atom. The molecule has 1 aromatic heterocycles. The molecule has 2 rings (SSSR count). The molecule has 0 fully saturated rings. The maximum Gasteiger partial charge on any atom is 0.308 e. The second kappa shape index (κ2) is 6.43. The first-order valence-corrected chi connectivity index (χ1v) is 7.07. The molecule has 1 aromatic carbocycles. The standard InChI is InChI=1S/C16H20N2O3/c1-3-17(10-12(2)16(20)21)15(19)11-18-9-8-13-6-4-5-7-14(13)18/h4-9,12H,3,10-11H2,1-2H3,(H,20,21)/t12-/m0/s1. The van der Waals surface area contributed by atoms with Crippen molar-refractivity contribution in [3.8, 4) is 0 Å². The fourth-order valence-electron chi connectivity index (χ4n) is 2.34. The Morgan fingerprint density at radius 1 is 1.29 bits per heavy atom. The average molecular weight is 288 g/mol. The highest BCUT2D eigenvalue weighted by Crippen LogP contribution is 2.15. The monoisotopic (exact) mass is 288 g/mol. The summed E-state index contributed by atoms with van der Waals surface area (Å²) in [6.45, 7) is 4.46. The van der Waals surface area contributed by atoms with Gasteiger partial charge in [-0.05, 0) is 24.4 Å². The summed E-state index contributed by atoms with van der Waals surface area (Å²) >= 11 is 0. The Balaban J connectivity index is 2.10. The molecule has 5 nitrogen and oxygen atoms in total. The van der Waals surface area contributed by atoms with Gasteiger partial charge >= 0.3 is 5.97 Å². The lowest BCUT2D eigenvalue weighted by Gasteiger charge is -2.23. The number of aliphatic carboxylic acids is 1. The molecule has 0 unspecified atom stereocenters. The molecule has 0 bridgehead atoms. The van der Waals surface area contributed by atoms with Crippen molar-refractivity contribution >= 4 is 22.8 Å². The van der Waals surface area contributed by atoms with Gasteiger partial charge in [-0.2, -0.15) is 0 Å². The number of nitrogens with zero attached hydrogens (tertiary/aromatic N) is 2. The van der Waals surface area contributed by atoms with E-state index in [4.69, 9.17) is 5.11 Å². The van der Waals surface area contributed by atoms with Gasteiger partial charge in [0, 0.05) is 24.8 Å². The number of fused-ring (bicyclic) bond motifs is 1. The minimum absolute atomic E-state index is 0.0630. The Hall–Kier alpha value is -2.30. The number of rotatable bonds is 6. The number of aromatic nitrogens is 1. The lowest BCUT2D eigenvalue weighted by molar-refractivity contribution is -0.143. The smallest absolute Gasteiger partial charge is 0.308 e. The van der Waals surface area contributed by atoms with Gasteiger partial charge in [0.1, 0.15) is 6.54 Å². The first kappa shape index (κ1) is 15.1. The summed E-state index contributed by atoms with van der Waals surface area (Å²) in [7, 11) is 0. The molecule has 0 aliphatic carbocycles. The molecule has 0 radical (unpaired) electrons. The van der Waals surface area contributed by atoms with E-state index in [0.717, 1.165) is 10.9 Å². The van der Waals surface area contributed by atoms with Gasteiger partial charge in [0.15, 0.2) is 0 Å². The van der Waals surface area contributed by atoms with Gasteiger partial charge in [-0.15, -0.1) is 0 Å². The molecular formula is C16H20N2O3. The first-order valence-electron chi connectivity index (χ1n) is 7.07. The summed E-state index contributed by atoms with van der Waals surface area (Å²) in [5.74, 6) is -1.50. The van der Waals surface area contributed by atoms with Crippen LogP contribution in [0, 0.1) is 5.92 Å². The van der Waals surface area contributed by atoms with E-state index in [0.29, 0.717) is 6.54 Å². The van der Waals surface area contributed by atoms with E-state index in [9.17, 15) is 9.59 Å². The normalized spacial score (nSPS) is 12.3. The van der Waals surface area contributed by atoms with Crippen LogP contribution in [-0.2, 0) is 16.1 Å². The van der Waals surface area contributed by atoms with E-state index in [2.05, 4.69) is 0 Å². The van der Waals surface area contributed by atoms with Crippen molar-refractivity contribution < 1.29 is 14.7 Å². The summed E-state index contributed by atoms with van der Waals surface area (Å²) in [5, 5.41) is 10.1. The SMILES string of the molecule is CCN(C[C@H](C)C(=O)O)C(=O)Cn1ccc2ccccc21. The summed E-state index contributed by atoms with van der Waals surface area (Å²) in [4.78, 5) is 24.9. The number of hydrogen-bond donors (Lipinski definition) is 1. The van der Waals surface area contributed by atoms with Gasteiger partial charge in [-0.25, -0.2) is 0 Å². The first-order chi connectivity index (χ1) is 10.0. The third kappa shape index (κ3) is 3.42. The molecule has 0 aliphatic rings. The highest BCUT2D eigenvalue weighted by molar-refractivity contribution is 5.83. The quantitative estimate of drug-likeness (QED) is 0.886. The van der Waals surface area contributed by atoms with Crippen LogP contribution in [0.2, 0.25) is 0 Å². The van der Waals surface area contributed by atoms with Gasteiger partial charge < -0.3 is 14.6 Å². The average Bonchev–Trinajstić information content (AvgIpc) is 2.87. The fraction of sp³-hybridized carbons (Fsp3) is 0.375. The minimum Gasteiger partial charge on any atom is -0.481 e. The summed E-state index contributed by atoms with van der Waals surface area (Å²) in [5.41, 5.74) is 1.01. The molecule has 0 saturated carbocycles. The number of carbonyl (C=O) groups is 2. The van der Waals surface area contributed by atoms with Crippen LogP contribution >= 0.6 is 0 Å². The number of hydrogen-bond acceptors (Lipinski definition) is 2. The Bertz CT molecular complexity index is 648. The van der Waals surface area contributed by atoms with Crippen LogP contribution < -0.4 is 0 Å². The molecule has 1 atom stereocenters. The van der Waals surface area contributed by atoms with Crippen molar-refractivity contribution in [1.82, 2.24) is 9.47 Å². The maximum absolute atomic E-state index is 12.4. The van der Waals surface area contributed by atoms with E-state index in [1.54, 1.807) is 11.8 Å². The zero-order chi connectivity index (χ0) is 15.4. The number of carbonyl (C=O) groups excluding carboxylic acids is 1. The van der Waals surface area contributed by atoms with Gasteiger partial charge in [0.25, 0.3) is 0 Å². The van der Waals surface area contributed by atoms with Gasteiger partial charge in [0.2, 0.25) is 5.91 Å². The third-order valence-electron chi connectivity index (χ3n) is 3.64. The van der Waals surface area contributed by atoms with E-state index in [1.807, 2.05) is 48.0 Å². The molecule has 112 valence electrons. The zero-order valence-corrected chi connectivity index (χ0v) is 12.3. The van der Waals surface area contributed by atoms with Crippen LogP contribution in [0.4, 0.5) is 0 Å². The van der Waals surface area contributed by atoms with E-state index in [1.165, 1.54) is 0 Å². The highest BCUT2D eigenvalue weighted by Gasteiger charge is 2.19. The van der Waals surface area contributed by atoms with Crippen molar-refractivity contribution in [1.29, 1.82) is 0 Å². The van der Waals surface area contributed by atoms with Crippen LogP contribution in [-0.4, -0.2) is 39.5 Å². The number of carboxylic acids is 1. The van der Waals surface area contributed by atoms with Crippen molar-refractivity contribution in [3.63, 3.8) is 0 Å². The molecule has 1 heterocycles. The van der Waals surface area contributed by atoms with Gasteiger partial charge in [-0.1, -0.05) is 25.1 Å². The van der Waals surface area contributed by atoms with Crippen molar-refractivity contribution in [2.75, 3.05) is 13.1 Å². The summed E-state index contributed by atoms with van der Waals surface area (Å²) < 4.78 is 1.89.